The third kappa shape index (κ3) is 3.53. The molecule has 0 bridgehead atoms. The van der Waals surface area contributed by atoms with E-state index in [1.165, 1.54) is 64.9 Å². The molecule has 0 atom stereocenters. The minimum Gasteiger partial charge on any atom is -0.172 e. The van der Waals surface area contributed by atoms with Crippen molar-refractivity contribution >= 4 is 65.7 Å². The van der Waals surface area contributed by atoms with Crippen LogP contribution in [-0.2, 0) is 0 Å². The fourth-order valence-corrected chi connectivity index (χ4v) is 7.02. The Labute approximate surface area is 227 Å². The lowest BCUT2D eigenvalue weighted by Gasteiger charge is -2.07. The van der Waals surface area contributed by atoms with E-state index >= 15 is 0 Å². The van der Waals surface area contributed by atoms with Crippen molar-refractivity contribution in [1.29, 1.82) is 0 Å². The van der Waals surface area contributed by atoms with Crippen LogP contribution in [0.3, 0.4) is 0 Å². The minimum absolute atomic E-state index is 0.970. The van der Waals surface area contributed by atoms with Gasteiger partial charge in [0, 0.05) is 20.7 Å². The van der Waals surface area contributed by atoms with Crippen molar-refractivity contribution in [3.63, 3.8) is 0 Å². The third-order valence-electron chi connectivity index (χ3n) is 7.34. The zero-order valence-electron chi connectivity index (χ0n) is 20.3. The van der Waals surface area contributed by atoms with E-state index in [4.69, 9.17) is 8.75 Å². The zero-order valence-corrected chi connectivity index (χ0v) is 21.9. The van der Waals surface area contributed by atoms with Crippen LogP contribution in [0.25, 0.3) is 75.4 Å². The summed E-state index contributed by atoms with van der Waals surface area (Å²) in [7, 11) is 0. The molecule has 0 radical (unpaired) electrons. The monoisotopic (exact) mass is 520 g/mol. The number of nitrogens with zero attached hydrogens (tertiary/aromatic N) is 2. The van der Waals surface area contributed by atoms with Gasteiger partial charge in [0.15, 0.2) is 0 Å². The van der Waals surface area contributed by atoms with Crippen LogP contribution in [0.5, 0.6) is 0 Å². The quantitative estimate of drug-likeness (QED) is 0.232. The van der Waals surface area contributed by atoms with Crippen LogP contribution in [0.15, 0.2) is 121 Å². The largest absolute Gasteiger partial charge is 0.172 e. The first-order valence-electron chi connectivity index (χ1n) is 12.6. The van der Waals surface area contributed by atoms with Crippen LogP contribution in [0.1, 0.15) is 0 Å². The van der Waals surface area contributed by atoms with Gasteiger partial charge in [-0.3, -0.25) is 0 Å². The third-order valence-corrected chi connectivity index (χ3v) is 9.02. The van der Waals surface area contributed by atoms with Gasteiger partial charge in [-0.1, -0.05) is 91.0 Å². The molecule has 38 heavy (non-hydrogen) atoms. The second-order valence-corrected chi connectivity index (χ2v) is 11.2. The molecule has 8 aromatic rings. The van der Waals surface area contributed by atoms with Gasteiger partial charge in [0.1, 0.15) is 11.0 Å². The summed E-state index contributed by atoms with van der Waals surface area (Å²) in [4.78, 5) is 1.22. The molecule has 0 spiro atoms. The molecule has 0 aliphatic heterocycles. The topological polar surface area (TPSA) is 25.8 Å². The van der Waals surface area contributed by atoms with Crippen LogP contribution < -0.4 is 0 Å². The highest BCUT2D eigenvalue weighted by Crippen LogP contribution is 2.41. The number of fused-ring (bicyclic) bond motifs is 4. The molecule has 0 aliphatic rings. The van der Waals surface area contributed by atoms with E-state index in [-0.39, 0.29) is 0 Å². The molecule has 0 unspecified atom stereocenters. The van der Waals surface area contributed by atoms with E-state index in [1.807, 2.05) is 11.3 Å². The highest BCUT2D eigenvalue weighted by Gasteiger charge is 2.16. The summed E-state index contributed by atoms with van der Waals surface area (Å²) in [6.07, 6.45) is 0. The molecule has 0 saturated heterocycles. The lowest BCUT2D eigenvalue weighted by Crippen LogP contribution is -1.84. The maximum atomic E-state index is 4.75. The van der Waals surface area contributed by atoms with E-state index in [9.17, 15) is 0 Å². The van der Waals surface area contributed by atoms with Gasteiger partial charge >= 0.3 is 0 Å². The number of hydrogen-bond donors (Lipinski definition) is 0. The van der Waals surface area contributed by atoms with Gasteiger partial charge in [-0.05, 0) is 74.0 Å². The summed E-state index contributed by atoms with van der Waals surface area (Å²) in [6.45, 7) is 0. The fraction of sp³-hybridized carbons (Fsp3) is 0. The molecule has 0 fully saturated rings. The first-order valence-corrected chi connectivity index (χ1v) is 14.1. The number of benzene rings is 6. The standard InChI is InChI=1S/C34H20N2S2/c1-3-7-23-17-25(11-9-21(23)5-1)26-13-16-31-28(19-26)20-32(37-31)30-15-14-29(33-34(30)36-38-35-33)27-12-10-22-6-2-4-8-24(22)18-27/h1-20H. The number of aromatic nitrogens is 2. The van der Waals surface area contributed by atoms with E-state index < -0.39 is 0 Å². The second-order valence-electron chi connectivity index (χ2n) is 9.61. The van der Waals surface area contributed by atoms with Crippen molar-refractivity contribution in [3.05, 3.63) is 121 Å². The predicted molar refractivity (Wildman–Crippen MR) is 164 cm³/mol. The Morgan fingerprint density at radius 1 is 0.421 bits per heavy atom. The fourth-order valence-electron chi connectivity index (χ4n) is 5.38. The van der Waals surface area contributed by atoms with Crippen LogP contribution in [0.4, 0.5) is 0 Å². The molecule has 8 rings (SSSR count). The summed E-state index contributed by atoms with van der Waals surface area (Å²) in [6, 6.07) is 43.8. The molecular weight excluding hydrogens is 501 g/mol. The van der Waals surface area contributed by atoms with E-state index in [2.05, 4.69) is 121 Å². The Bertz CT molecular complexity index is 2150. The smallest absolute Gasteiger partial charge is 0.114 e. The molecule has 4 heteroatoms. The summed E-state index contributed by atoms with van der Waals surface area (Å²) < 4.78 is 10.8. The molecule has 2 heterocycles. The average Bonchev–Trinajstić information content (AvgIpc) is 3.63. The van der Waals surface area contributed by atoms with Crippen LogP contribution in [0, 0.1) is 0 Å². The van der Waals surface area contributed by atoms with E-state index in [0.717, 1.165) is 22.2 Å². The predicted octanol–water partition coefficient (Wildman–Crippen LogP) is 10.2. The van der Waals surface area contributed by atoms with E-state index in [0.29, 0.717) is 0 Å². The molecular formula is C34H20N2S2. The lowest BCUT2D eigenvalue weighted by atomic mass is 9.98. The number of rotatable bonds is 3. The summed E-state index contributed by atoms with van der Waals surface area (Å²) >= 11 is 3.10. The van der Waals surface area contributed by atoms with Gasteiger partial charge < -0.3 is 0 Å². The van der Waals surface area contributed by atoms with Gasteiger partial charge in [-0.25, -0.2) is 0 Å². The summed E-state index contributed by atoms with van der Waals surface area (Å²) in [5.74, 6) is 0. The van der Waals surface area contributed by atoms with E-state index in [1.54, 1.807) is 0 Å². The first-order chi connectivity index (χ1) is 18.8. The van der Waals surface area contributed by atoms with Gasteiger partial charge in [0.05, 0.1) is 11.7 Å². The molecule has 6 aromatic carbocycles. The Kier molecular flexibility index (Phi) is 4.90. The number of thiophene rings is 1. The first kappa shape index (κ1) is 21.7. The Morgan fingerprint density at radius 2 is 0.974 bits per heavy atom. The maximum Gasteiger partial charge on any atom is 0.114 e. The molecule has 0 saturated carbocycles. The van der Waals surface area contributed by atoms with Crippen LogP contribution in [-0.4, -0.2) is 8.75 Å². The highest BCUT2D eigenvalue weighted by molar-refractivity contribution is 7.22. The second kappa shape index (κ2) is 8.59. The Hall–Kier alpha value is -4.38. The molecule has 0 amide bonds. The number of hydrogen-bond acceptors (Lipinski definition) is 4. The van der Waals surface area contributed by atoms with Crippen molar-refractivity contribution in [2.75, 3.05) is 0 Å². The summed E-state index contributed by atoms with van der Waals surface area (Å²) in [5.41, 5.74) is 7.86. The molecule has 0 N–H and O–H groups in total. The van der Waals surface area contributed by atoms with Crippen LogP contribution in [0.2, 0.25) is 0 Å². The van der Waals surface area contributed by atoms with Crippen molar-refractivity contribution in [1.82, 2.24) is 8.75 Å². The molecule has 178 valence electrons. The molecule has 2 aromatic heterocycles. The van der Waals surface area contributed by atoms with Gasteiger partial charge in [0.2, 0.25) is 0 Å². The average molecular weight is 521 g/mol. The van der Waals surface area contributed by atoms with Gasteiger partial charge in [0.25, 0.3) is 0 Å². The zero-order chi connectivity index (χ0) is 25.1. The molecule has 0 aliphatic carbocycles. The van der Waals surface area contributed by atoms with Crippen molar-refractivity contribution in [2.45, 2.75) is 0 Å². The molecule has 2 nitrogen and oxygen atoms in total. The SMILES string of the molecule is c1ccc2cc(-c3ccc4sc(-c5ccc(-c6ccc7ccccc7c6)c6nsnc56)cc4c3)ccc2c1. The van der Waals surface area contributed by atoms with Gasteiger partial charge in [-0.15, -0.1) is 11.3 Å². The maximum absolute atomic E-state index is 4.75. The van der Waals surface area contributed by atoms with Crippen molar-refractivity contribution in [3.8, 4) is 32.7 Å². The Balaban J connectivity index is 1.22. The minimum atomic E-state index is 0.970. The normalized spacial score (nSPS) is 11.7. The summed E-state index contributed by atoms with van der Waals surface area (Å²) in [5, 5.41) is 6.26. The van der Waals surface area contributed by atoms with Crippen molar-refractivity contribution in [2.24, 2.45) is 0 Å². The van der Waals surface area contributed by atoms with Crippen LogP contribution >= 0.6 is 23.1 Å². The van der Waals surface area contributed by atoms with Gasteiger partial charge in [-0.2, -0.15) is 8.75 Å². The highest BCUT2D eigenvalue weighted by atomic mass is 32.1. The Morgan fingerprint density at radius 3 is 1.71 bits per heavy atom. The lowest BCUT2D eigenvalue weighted by molar-refractivity contribution is 1.61. The van der Waals surface area contributed by atoms with Crippen molar-refractivity contribution < 1.29 is 0 Å².